The van der Waals surface area contributed by atoms with E-state index >= 15 is 0 Å². The molecule has 0 fully saturated rings. The van der Waals surface area contributed by atoms with E-state index in [-0.39, 0.29) is 30.4 Å². The van der Waals surface area contributed by atoms with Crippen molar-refractivity contribution in [3.63, 3.8) is 0 Å². The van der Waals surface area contributed by atoms with Crippen molar-refractivity contribution < 1.29 is 19.5 Å². The normalized spacial score (nSPS) is 11.0. The third kappa shape index (κ3) is 5.14. The minimum atomic E-state index is -0.432. The summed E-state index contributed by atoms with van der Waals surface area (Å²) in [4.78, 5) is 36.2. The second-order valence-corrected chi connectivity index (χ2v) is 4.90. The maximum Gasteiger partial charge on any atom is 0.249 e. The van der Waals surface area contributed by atoms with Gasteiger partial charge in [0.05, 0.1) is 6.61 Å². The largest absolute Gasteiger partial charge is 0.395 e. The highest BCUT2D eigenvalue weighted by Gasteiger charge is 2.11. The zero-order valence-corrected chi connectivity index (χ0v) is 12.9. The maximum absolute atomic E-state index is 11.9. The molecule has 22 heavy (non-hydrogen) atoms. The molecule has 0 spiro atoms. The van der Waals surface area contributed by atoms with Gasteiger partial charge in [0.25, 0.3) is 0 Å². The summed E-state index contributed by atoms with van der Waals surface area (Å²) in [7, 11) is 1.55. The van der Waals surface area contributed by atoms with Crippen molar-refractivity contribution in [1.29, 1.82) is 0 Å². The molecule has 118 valence electrons. The fraction of sp³-hybridized carbons (Fsp3) is 0.312. The van der Waals surface area contributed by atoms with Gasteiger partial charge >= 0.3 is 0 Å². The molecule has 0 aliphatic rings. The number of carbonyl (C=O) groups is 3. The van der Waals surface area contributed by atoms with E-state index in [0.29, 0.717) is 11.3 Å². The number of nitrogens with one attached hydrogen (secondary N) is 1. The van der Waals surface area contributed by atoms with E-state index in [9.17, 15) is 14.4 Å². The van der Waals surface area contributed by atoms with Gasteiger partial charge < -0.3 is 15.3 Å². The number of Topliss-reactive ketones (excluding diaryl/α,β-unsaturated/α-hetero) is 1. The standard InChI is InChI=1S/C16H20N2O4/c1-11(16(22)18(3)8-9-19)10-15(21)17-14-6-4-13(5-7-14)12(2)20/h4-7,10,19H,8-9H2,1-3H3,(H,17,21)/b11-10-. The molecule has 0 bridgehead atoms. The topological polar surface area (TPSA) is 86.7 Å². The number of aliphatic hydroxyl groups excluding tert-OH is 1. The Morgan fingerprint density at radius 3 is 2.27 bits per heavy atom. The van der Waals surface area contributed by atoms with Gasteiger partial charge in [0, 0.05) is 36.5 Å². The van der Waals surface area contributed by atoms with Gasteiger partial charge in [-0.15, -0.1) is 0 Å². The Labute approximate surface area is 129 Å². The Balaban J connectivity index is 2.70. The molecule has 2 amide bonds. The monoisotopic (exact) mass is 304 g/mol. The highest BCUT2D eigenvalue weighted by Crippen LogP contribution is 2.10. The number of rotatable bonds is 6. The minimum Gasteiger partial charge on any atom is -0.395 e. The summed E-state index contributed by atoms with van der Waals surface area (Å²) >= 11 is 0. The van der Waals surface area contributed by atoms with E-state index in [0.717, 1.165) is 0 Å². The first kappa shape index (κ1) is 17.6. The number of likely N-dealkylation sites (N-methyl/N-ethyl adjacent to an activating group) is 1. The summed E-state index contributed by atoms with van der Waals surface area (Å²) in [5.41, 5.74) is 1.37. The Morgan fingerprint density at radius 2 is 1.77 bits per heavy atom. The van der Waals surface area contributed by atoms with E-state index in [1.807, 2.05) is 0 Å². The van der Waals surface area contributed by atoms with E-state index in [1.165, 1.54) is 24.8 Å². The molecule has 1 rings (SSSR count). The van der Waals surface area contributed by atoms with Crippen LogP contribution in [0.5, 0.6) is 0 Å². The van der Waals surface area contributed by atoms with Crippen LogP contribution in [0.3, 0.4) is 0 Å². The van der Waals surface area contributed by atoms with Crippen LogP contribution in [0.15, 0.2) is 35.9 Å². The van der Waals surface area contributed by atoms with Gasteiger partial charge in [0.2, 0.25) is 11.8 Å². The summed E-state index contributed by atoms with van der Waals surface area (Å²) in [5, 5.41) is 11.4. The number of nitrogens with zero attached hydrogens (tertiary/aromatic N) is 1. The average molecular weight is 304 g/mol. The predicted molar refractivity (Wildman–Crippen MR) is 83.6 cm³/mol. The Kier molecular flexibility index (Phi) is 6.47. The fourth-order valence-electron chi connectivity index (χ4n) is 1.78. The van der Waals surface area contributed by atoms with Crippen molar-refractivity contribution in [1.82, 2.24) is 4.90 Å². The SMILES string of the molecule is CC(=O)c1ccc(NC(=O)/C=C(/C)C(=O)N(C)CCO)cc1. The molecule has 1 aromatic rings. The van der Waals surface area contributed by atoms with Gasteiger partial charge in [-0.25, -0.2) is 0 Å². The number of hydrogen-bond donors (Lipinski definition) is 2. The number of carbonyl (C=O) groups excluding carboxylic acids is 3. The molecule has 0 radical (unpaired) electrons. The van der Waals surface area contributed by atoms with Crippen LogP contribution in [0.4, 0.5) is 5.69 Å². The van der Waals surface area contributed by atoms with Gasteiger partial charge in [0.1, 0.15) is 0 Å². The number of ketones is 1. The molecule has 6 nitrogen and oxygen atoms in total. The molecule has 0 aromatic heterocycles. The Bertz CT molecular complexity index is 591. The summed E-state index contributed by atoms with van der Waals surface area (Å²) < 4.78 is 0. The van der Waals surface area contributed by atoms with Crippen molar-refractivity contribution in [3.05, 3.63) is 41.5 Å². The lowest BCUT2D eigenvalue weighted by Gasteiger charge is -2.15. The van der Waals surface area contributed by atoms with Gasteiger partial charge in [0.15, 0.2) is 5.78 Å². The molecular weight excluding hydrogens is 284 g/mol. The lowest BCUT2D eigenvalue weighted by atomic mass is 10.1. The van der Waals surface area contributed by atoms with Crippen LogP contribution in [0.2, 0.25) is 0 Å². The van der Waals surface area contributed by atoms with Crippen LogP contribution in [0.1, 0.15) is 24.2 Å². The maximum atomic E-state index is 11.9. The molecule has 0 saturated heterocycles. The van der Waals surface area contributed by atoms with Crippen molar-refractivity contribution in [2.45, 2.75) is 13.8 Å². The average Bonchev–Trinajstić information content (AvgIpc) is 2.46. The fourth-order valence-corrected chi connectivity index (χ4v) is 1.78. The Morgan fingerprint density at radius 1 is 1.18 bits per heavy atom. The van der Waals surface area contributed by atoms with Crippen LogP contribution in [-0.2, 0) is 9.59 Å². The second-order valence-electron chi connectivity index (χ2n) is 4.90. The van der Waals surface area contributed by atoms with E-state index in [1.54, 1.807) is 31.3 Å². The van der Waals surface area contributed by atoms with E-state index in [4.69, 9.17) is 5.11 Å². The van der Waals surface area contributed by atoms with E-state index in [2.05, 4.69) is 5.32 Å². The molecular formula is C16H20N2O4. The van der Waals surface area contributed by atoms with Crippen molar-refractivity contribution >= 4 is 23.3 Å². The van der Waals surface area contributed by atoms with Crippen LogP contribution < -0.4 is 5.32 Å². The molecule has 0 aliphatic carbocycles. The molecule has 1 aromatic carbocycles. The lowest BCUT2D eigenvalue weighted by molar-refractivity contribution is -0.126. The summed E-state index contributed by atoms with van der Waals surface area (Å²) in [6.45, 7) is 3.07. The predicted octanol–water partition coefficient (Wildman–Crippen LogP) is 1.22. The first-order valence-electron chi connectivity index (χ1n) is 6.81. The van der Waals surface area contributed by atoms with E-state index < -0.39 is 5.91 Å². The first-order chi connectivity index (χ1) is 10.3. The summed E-state index contributed by atoms with van der Waals surface area (Å²) in [5.74, 6) is -0.805. The number of anilines is 1. The van der Waals surface area contributed by atoms with Crippen molar-refractivity contribution in [2.75, 3.05) is 25.5 Å². The van der Waals surface area contributed by atoms with Crippen LogP contribution >= 0.6 is 0 Å². The summed E-state index contributed by atoms with van der Waals surface area (Å²) in [6, 6.07) is 6.48. The highest BCUT2D eigenvalue weighted by molar-refractivity contribution is 6.05. The van der Waals surface area contributed by atoms with Crippen molar-refractivity contribution in [3.8, 4) is 0 Å². The molecule has 0 aliphatic heterocycles. The summed E-state index contributed by atoms with van der Waals surface area (Å²) in [6.07, 6.45) is 1.20. The van der Waals surface area contributed by atoms with Gasteiger partial charge in [-0.3, -0.25) is 14.4 Å². The quantitative estimate of drug-likeness (QED) is 0.611. The molecule has 0 atom stereocenters. The second kappa shape index (κ2) is 8.09. The van der Waals surface area contributed by atoms with Crippen LogP contribution in [0, 0.1) is 0 Å². The number of benzene rings is 1. The Hall–Kier alpha value is -2.47. The third-order valence-corrected chi connectivity index (χ3v) is 3.03. The zero-order chi connectivity index (χ0) is 16.7. The number of amides is 2. The number of aliphatic hydroxyl groups is 1. The molecule has 0 heterocycles. The first-order valence-corrected chi connectivity index (χ1v) is 6.81. The molecule has 2 N–H and O–H groups in total. The lowest BCUT2D eigenvalue weighted by Crippen LogP contribution is -2.30. The molecule has 0 unspecified atom stereocenters. The van der Waals surface area contributed by atoms with Gasteiger partial charge in [-0.05, 0) is 38.1 Å². The molecule has 6 heteroatoms. The number of hydrogen-bond acceptors (Lipinski definition) is 4. The molecule has 0 saturated carbocycles. The minimum absolute atomic E-state index is 0.0499. The van der Waals surface area contributed by atoms with Crippen LogP contribution in [-0.4, -0.2) is 47.8 Å². The smallest absolute Gasteiger partial charge is 0.249 e. The third-order valence-electron chi connectivity index (χ3n) is 3.03. The van der Waals surface area contributed by atoms with Crippen LogP contribution in [0.25, 0.3) is 0 Å². The van der Waals surface area contributed by atoms with Gasteiger partial charge in [-0.1, -0.05) is 0 Å². The zero-order valence-electron chi connectivity index (χ0n) is 12.9. The highest BCUT2D eigenvalue weighted by atomic mass is 16.3. The van der Waals surface area contributed by atoms with Gasteiger partial charge in [-0.2, -0.15) is 0 Å². The van der Waals surface area contributed by atoms with Crippen molar-refractivity contribution in [2.24, 2.45) is 0 Å².